The zero-order chi connectivity index (χ0) is 63.5. The minimum atomic E-state index is -0.727. The Hall–Kier alpha value is -5.24. The van der Waals surface area contributed by atoms with Crippen molar-refractivity contribution >= 4 is 70.0 Å². The predicted octanol–water partition coefficient (Wildman–Crippen LogP) is 6.76. The Kier molecular flexibility index (Phi) is 30.9. The van der Waals surface area contributed by atoms with E-state index in [1.54, 1.807) is 29.3 Å². The lowest BCUT2D eigenvalue weighted by Gasteiger charge is -2.39. The molecule has 5 N–H and O–H groups in total. The number of benzene rings is 2. The van der Waals surface area contributed by atoms with E-state index < -0.39 is 48.2 Å². The summed E-state index contributed by atoms with van der Waals surface area (Å²) in [6, 6.07) is 13.0. The van der Waals surface area contributed by atoms with Crippen LogP contribution in [0.4, 0.5) is 0 Å². The van der Waals surface area contributed by atoms with Gasteiger partial charge in [-0.3, -0.25) is 38.9 Å². The first-order valence-electron chi connectivity index (χ1n) is 31.6. The van der Waals surface area contributed by atoms with E-state index in [4.69, 9.17) is 38.9 Å². The summed E-state index contributed by atoms with van der Waals surface area (Å²) in [5.41, 5.74) is 6.72. The average molecular weight is 1260 g/mol. The molecule has 1 saturated carbocycles. The van der Waals surface area contributed by atoms with E-state index in [1.807, 2.05) is 112 Å². The lowest BCUT2D eigenvalue weighted by atomic mass is 9.90. The maximum Gasteiger partial charge on any atom is 0.267 e. The van der Waals surface area contributed by atoms with Crippen LogP contribution in [0.25, 0.3) is 11.0 Å². The Morgan fingerprint density at radius 3 is 2.08 bits per heavy atom. The van der Waals surface area contributed by atoms with Crippen molar-refractivity contribution in [2.75, 3.05) is 94.1 Å². The lowest BCUT2D eigenvalue weighted by Crippen LogP contribution is -2.55. The Balaban J connectivity index is 0.880. The first-order chi connectivity index (χ1) is 42.5. The lowest BCUT2D eigenvalue weighted by molar-refractivity contribution is -0.146. The number of amides is 6. The molecule has 6 rings (SSSR count). The number of hydrogen-bond acceptors (Lipinski definition) is 17. The number of nitrogens with zero attached hydrogens (tertiary/aromatic N) is 5. The van der Waals surface area contributed by atoms with Gasteiger partial charge in [-0.25, -0.2) is 15.4 Å². The molecule has 23 heteroatoms. The molecule has 88 heavy (non-hydrogen) atoms. The second kappa shape index (κ2) is 37.8. The Bertz CT molecular complexity index is 2710. The molecule has 2 bridgehead atoms. The van der Waals surface area contributed by atoms with E-state index >= 15 is 0 Å². The Labute approximate surface area is 530 Å². The highest BCUT2D eigenvalue weighted by molar-refractivity contribution is 8.00. The fourth-order valence-corrected chi connectivity index (χ4v) is 15.0. The van der Waals surface area contributed by atoms with Crippen molar-refractivity contribution in [2.45, 2.75) is 164 Å². The van der Waals surface area contributed by atoms with Gasteiger partial charge in [-0.05, 0) is 81.2 Å². The van der Waals surface area contributed by atoms with Gasteiger partial charge in [-0.1, -0.05) is 96.7 Å². The van der Waals surface area contributed by atoms with E-state index in [2.05, 4.69) is 16.0 Å². The SMILES string of the molecule is CC[C@H](C)[C@@H]([C@@H](CC(=O)N1CCC[C@H]1[C@H](OC)[C@@H](C)C(=O)N[C@H](/C=C/C(=O)NO)Cc1ccccc1)OC)N(C)C(=O)CNC(=O)C(C(C)C)N(C)CCOCCOCCOCCNC(=O)c1ccc2nc3c(nc2c1)CSC1CCCCCC(C1)SC3. The zero-order valence-electron chi connectivity index (χ0n) is 53.4. The van der Waals surface area contributed by atoms with Crippen molar-refractivity contribution in [3.05, 3.63) is 83.2 Å². The second-order valence-electron chi connectivity index (χ2n) is 23.8. The largest absolute Gasteiger partial charge is 0.379 e. The molecule has 1 saturated heterocycles. The monoisotopic (exact) mass is 1260 g/mol. The Morgan fingerprint density at radius 1 is 0.784 bits per heavy atom. The molecule has 1 aromatic heterocycles. The van der Waals surface area contributed by atoms with Crippen molar-refractivity contribution < 1.29 is 57.7 Å². The van der Waals surface area contributed by atoms with Crippen LogP contribution in [0.5, 0.6) is 0 Å². The first-order valence-corrected chi connectivity index (χ1v) is 33.7. The highest BCUT2D eigenvalue weighted by Crippen LogP contribution is 2.38. The molecule has 3 heterocycles. The number of hydroxylamine groups is 1. The van der Waals surface area contributed by atoms with Crippen molar-refractivity contribution in [3.8, 4) is 0 Å². The summed E-state index contributed by atoms with van der Waals surface area (Å²) in [6.07, 6.45) is 11.5. The van der Waals surface area contributed by atoms with Crippen molar-refractivity contribution in [1.29, 1.82) is 0 Å². The maximum atomic E-state index is 14.4. The standard InChI is InChI=1S/C65H99N9O12S2/c1-10-44(4)61(56(82-8)39-58(76)74-28-17-22-55(74)62(83-9)45(5)63(78)68-48(24-26-57(75)71-81)36-46-18-13-11-14-19-46)73(7)59(77)40-67-65(80)60(43(2)3)72(6)29-31-85-33-35-86-34-32-84-30-27-66-64(79)47-23-25-51-52(37-47)70-54-42-88-50-21-16-12-15-20-49(38-50)87-41-53(54)69-51/h11,13-14,18-19,23-26,37,43-45,48-50,55-56,60-62,81H,10,12,15-17,20-22,27-36,38-42H2,1-9H3,(H,66,79)(H,67,80)(H,68,78)(H,71,75)/b26-24+/t44-,45+,48+,49?,50?,55-,56+,60?,61-,62+/m0/s1. The zero-order valence-corrected chi connectivity index (χ0v) is 55.0. The number of methoxy groups -OCH3 is 2. The van der Waals surface area contributed by atoms with Gasteiger partial charge in [0.2, 0.25) is 23.6 Å². The summed E-state index contributed by atoms with van der Waals surface area (Å²) < 4.78 is 29.3. The molecule has 2 aliphatic heterocycles. The molecule has 6 amide bonds. The summed E-state index contributed by atoms with van der Waals surface area (Å²) in [5, 5.41) is 19.2. The highest BCUT2D eigenvalue weighted by atomic mass is 32.2. The summed E-state index contributed by atoms with van der Waals surface area (Å²) in [4.78, 5) is 96.3. The summed E-state index contributed by atoms with van der Waals surface area (Å²) >= 11 is 4.06. The topological polar surface area (TPSA) is 252 Å². The van der Waals surface area contributed by atoms with Crippen molar-refractivity contribution in [1.82, 2.24) is 46.1 Å². The fourth-order valence-electron chi connectivity index (χ4n) is 12.2. The van der Waals surface area contributed by atoms with Gasteiger partial charge >= 0.3 is 0 Å². The third kappa shape index (κ3) is 22.0. The number of rotatable bonds is 34. The molecule has 2 fully saturated rings. The van der Waals surface area contributed by atoms with Crippen LogP contribution < -0.4 is 21.4 Å². The average Bonchev–Trinajstić information content (AvgIpc) is 3.03. The smallest absolute Gasteiger partial charge is 0.267 e. The summed E-state index contributed by atoms with van der Waals surface area (Å²) in [5.74, 6) is -1.17. The van der Waals surface area contributed by atoms with Crippen molar-refractivity contribution in [3.63, 3.8) is 0 Å². The van der Waals surface area contributed by atoms with E-state index in [-0.39, 0.29) is 54.3 Å². The highest BCUT2D eigenvalue weighted by Gasteiger charge is 2.42. The van der Waals surface area contributed by atoms with Crippen LogP contribution in [-0.2, 0) is 65.6 Å². The fraction of sp³-hybridized carbons (Fsp3) is 0.662. The van der Waals surface area contributed by atoms with E-state index in [0.29, 0.717) is 101 Å². The van der Waals surface area contributed by atoms with Gasteiger partial charge in [0.15, 0.2) is 0 Å². The third-order valence-corrected chi connectivity index (χ3v) is 19.9. The molecule has 2 aromatic carbocycles. The molecular weight excluding hydrogens is 1160 g/mol. The van der Waals surface area contributed by atoms with E-state index in [9.17, 15) is 28.8 Å². The van der Waals surface area contributed by atoms with Crippen LogP contribution in [0, 0.1) is 17.8 Å². The Morgan fingerprint density at radius 2 is 1.44 bits per heavy atom. The minimum Gasteiger partial charge on any atom is -0.379 e. The molecular formula is C65H99N9O12S2. The van der Waals surface area contributed by atoms with Crippen LogP contribution in [0.15, 0.2) is 60.7 Å². The van der Waals surface area contributed by atoms with Gasteiger partial charge in [-0.2, -0.15) is 23.5 Å². The molecule has 0 spiro atoms. The third-order valence-electron chi connectivity index (χ3n) is 17.2. The number of likely N-dealkylation sites (tertiary alicyclic amines) is 1. The second-order valence-corrected chi connectivity index (χ2v) is 26.4. The number of thioether (sulfide) groups is 2. The van der Waals surface area contributed by atoms with E-state index in [0.717, 1.165) is 45.6 Å². The number of ether oxygens (including phenoxy) is 5. The van der Waals surface area contributed by atoms with Crippen molar-refractivity contribution in [2.24, 2.45) is 17.8 Å². The number of hydrogen-bond donors (Lipinski definition) is 5. The molecule has 3 aliphatic rings. The van der Waals surface area contributed by atoms with Gasteiger partial charge in [0.1, 0.15) is 0 Å². The van der Waals surface area contributed by atoms with Crippen LogP contribution in [0.1, 0.15) is 126 Å². The molecule has 0 radical (unpaired) electrons. The number of aromatic nitrogens is 2. The molecule has 3 unspecified atom stereocenters. The van der Waals surface area contributed by atoms with Crippen LogP contribution in [0.2, 0.25) is 0 Å². The summed E-state index contributed by atoms with van der Waals surface area (Å²) in [6.45, 7) is 12.8. The molecule has 21 nitrogen and oxygen atoms in total. The molecule has 10 atom stereocenters. The van der Waals surface area contributed by atoms with E-state index in [1.165, 1.54) is 58.8 Å². The maximum absolute atomic E-state index is 14.4. The van der Waals surface area contributed by atoms with Gasteiger partial charge in [-0.15, -0.1) is 0 Å². The van der Waals surface area contributed by atoms with Gasteiger partial charge in [0, 0.05) is 74.5 Å². The van der Waals surface area contributed by atoms with Crippen LogP contribution >= 0.6 is 23.5 Å². The van der Waals surface area contributed by atoms with Gasteiger partial charge in [0.25, 0.3) is 11.8 Å². The number of fused-ring (bicyclic) bond motifs is 4. The molecule has 488 valence electrons. The molecule has 3 aromatic rings. The normalized spacial score (nSPS) is 19.6. The van der Waals surface area contributed by atoms with Crippen LogP contribution in [-0.4, -0.2) is 206 Å². The number of carbonyl (C=O) groups excluding carboxylic acids is 6. The quantitative estimate of drug-likeness (QED) is 0.0179. The van der Waals surface area contributed by atoms with Gasteiger partial charge < -0.3 is 49.4 Å². The number of nitrogens with one attached hydrogen (secondary N) is 4. The van der Waals surface area contributed by atoms with Gasteiger partial charge in [0.05, 0.1) is 117 Å². The summed E-state index contributed by atoms with van der Waals surface area (Å²) in [7, 11) is 6.59. The molecule has 1 aliphatic carbocycles. The predicted molar refractivity (Wildman–Crippen MR) is 344 cm³/mol. The first kappa shape index (κ1) is 71.8. The number of carbonyl (C=O) groups is 6. The van der Waals surface area contributed by atoms with Crippen LogP contribution in [0.3, 0.4) is 0 Å². The number of likely N-dealkylation sites (N-methyl/N-ethyl adjacent to an activating group) is 2. The minimum absolute atomic E-state index is 0.0310.